The van der Waals surface area contributed by atoms with Crippen LogP contribution in [0.15, 0.2) is 30.5 Å². The maximum atomic E-state index is 9.61. The van der Waals surface area contributed by atoms with Gasteiger partial charge in [0.25, 0.3) is 0 Å². The van der Waals surface area contributed by atoms with Gasteiger partial charge in [0.15, 0.2) is 0 Å². The van der Waals surface area contributed by atoms with E-state index in [1.807, 2.05) is 29.9 Å². The molecule has 0 saturated carbocycles. The van der Waals surface area contributed by atoms with Gasteiger partial charge in [0.1, 0.15) is 18.1 Å². The van der Waals surface area contributed by atoms with Crippen molar-refractivity contribution in [1.29, 1.82) is 0 Å². The number of hydrogen-bond donors (Lipinski definition) is 1. The number of phenolic OH excluding ortho intramolecular Hbond substituents is 1. The van der Waals surface area contributed by atoms with E-state index in [4.69, 9.17) is 4.74 Å². The van der Waals surface area contributed by atoms with Crippen LogP contribution in [-0.4, -0.2) is 14.9 Å². The van der Waals surface area contributed by atoms with Gasteiger partial charge in [0.05, 0.1) is 5.69 Å². The van der Waals surface area contributed by atoms with Crippen LogP contribution >= 0.6 is 0 Å². The van der Waals surface area contributed by atoms with Crippen LogP contribution in [0.2, 0.25) is 0 Å². The molecule has 0 aliphatic rings. The molecule has 0 saturated heterocycles. The molecule has 2 rings (SSSR count). The zero-order valence-electron chi connectivity index (χ0n) is 11.6. The Labute approximate surface area is 113 Å². The second kappa shape index (κ2) is 5.78. The molecule has 0 spiro atoms. The van der Waals surface area contributed by atoms with Crippen molar-refractivity contribution < 1.29 is 9.84 Å². The maximum Gasteiger partial charge on any atom is 0.132 e. The molecule has 1 unspecified atom stereocenters. The first-order chi connectivity index (χ1) is 9.11. The normalized spacial score (nSPS) is 12.4. The molecule has 0 radical (unpaired) electrons. The Morgan fingerprint density at radius 1 is 1.37 bits per heavy atom. The molecule has 0 bridgehead atoms. The van der Waals surface area contributed by atoms with Crippen LogP contribution in [0, 0.1) is 6.92 Å². The van der Waals surface area contributed by atoms with Crippen molar-refractivity contribution in [3.63, 3.8) is 0 Å². The SMILES string of the molecule is CCC(C)n1ccc(COc2cccc(O)c2C)n1. The largest absolute Gasteiger partial charge is 0.508 e. The van der Waals surface area contributed by atoms with Crippen LogP contribution in [0.5, 0.6) is 11.5 Å². The van der Waals surface area contributed by atoms with Gasteiger partial charge in [-0.3, -0.25) is 4.68 Å². The summed E-state index contributed by atoms with van der Waals surface area (Å²) in [5, 5.41) is 14.1. The van der Waals surface area contributed by atoms with E-state index in [9.17, 15) is 5.11 Å². The highest BCUT2D eigenvalue weighted by molar-refractivity contribution is 5.42. The van der Waals surface area contributed by atoms with Gasteiger partial charge >= 0.3 is 0 Å². The average molecular weight is 260 g/mol. The Morgan fingerprint density at radius 2 is 2.16 bits per heavy atom. The van der Waals surface area contributed by atoms with Gasteiger partial charge in [0, 0.05) is 17.8 Å². The number of rotatable bonds is 5. The maximum absolute atomic E-state index is 9.61. The molecular formula is C15H20N2O2. The summed E-state index contributed by atoms with van der Waals surface area (Å²) >= 11 is 0. The second-order valence-corrected chi connectivity index (χ2v) is 4.73. The zero-order chi connectivity index (χ0) is 13.8. The third-order valence-corrected chi connectivity index (χ3v) is 3.34. The van der Waals surface area contributed by atoms with Crippen LogP contribution in [0.1, 0.15) is 37.6 Å². The van der Waals surface area contributed by atoms with Gasteiger partial charge in [-0.15, -0.1) is 0 Å². The molecule has 102 valence electrons. The molecule has 19 heavy (non-hydrogen) atoms. The Kier molecular flexibility index (Phi) is 4.10. The van der Waals surface area contributed by atoms with Gasteiger partial charge in [-0.1, -0.05) is 13.0 Å². The predicted octanol–water partition coefficient (Wildman–Crippen LogP) is 3.45. The fourth-order valence-electron chi connectivity index (χ4n) is 1.80. The third-order valence-electron chi connectivity index (χ3n) is 3.34. The second-order valence-electron chi connectivity index (χ2n) is 4.73. The molecule has 2 aromatic rings. The summed E-state index contributed by atoms with van der Waals surface area (Å²) in [7, 11) is 0. The van der Waals surface area contributed by atoms with Crippen molar-refractivity contribution in [3.05, 3.63) is 41.7 Å². The zero-order valence-corrected chi connectivity index (χ0v) is 11.6. The minimum Gasteiger partial charge on any atom is -0.508 e. The Morgan fingerprint density at radius 3 is 2.89 bits per heavy atom. The lowest BCUT2D eigenvalue weighted by Gasteiger charge is -2.10. The summed E-state index contributed by atoms with van der Waals surface area (Å²) in [5.41, 5.74) is 1.65. The van der Waals surface area contributed by atoms with E-state index >= 15 is 0 Å². The first-order valence-electron chi connectivity index (χ1n) is 6.57. The number of hydrogen-bond acceptors (Lipinski definition) is 3. The minimum absolute atomic E-state index is 0.252. The van der Waals surface area contributed by atoms with Crippen molar-refractivity contribution in [2.75, 3.05) is 0 Å². The Balaban J connectivity index is 2.02. The molecule has 1 aromatic carbocycles. The average Bonchev–Trinajstić information content (AvgIpc) is 2.88. The smallest absolute Gasteiger partial charge is 0.132 e. The van der Waals surface area contributed by atoms with E-state index in [1.54, 1.807) is 12.1 Å². The Hall–Kier alpha value is -1.97. The monoisotopic (exact) mass is 260 g/mol. The van der Waals surface area contributed by atoms with Gasteiger partial charge in [-0.2, -0.15) is 5.10 Å². The topological polar surface area (TPSA) is 47.3 Å². The number of phenols is 1. The van der Waals surface area contributed by atoms with E-state index in [1.165, 1.54) is 0 Å². The summed E-state index contributed by atoms with van der Waals surface area (Å²) in [5.74, 6) is 0.945. The quantitative estimate of drug-likeness (QED) is 0.895. The summed E-state index contributed by atoms with van der Waals surface area (Å²) < 4.78 is 7.65. The molecule has 0 aliphatic carbocycles. The van der Waals surface area contributed by atoms with Gasteiger partial charge in [-0.25, -0.2) is 0 Å². The highest BCUT2D eigenvalue weighted by atomic mass is 16.5. The summed E-state index contributed by atoms with van der Waals surface area (Å²) in [6.07, 6.45) is 3.02. The van der Waals surface area contributed by atoms with Gasteiger partial charge in [-0.05, 0) is 38.5 Å². The Bertz CT molecular complexity index is 549. The predicted molar refractivity (Wildman–Crippen MR) is 74.4 cm³/mol. The summed E-state index contributed by atoms with van der Waals surface area (Å²) in [6, 6.07) is 7.64. The molecule has 0 fully saturated rings. The molecule has 4 heteroatoms. The molecular weight excluding hydrogens is 240 g/mol. The van der Waals surface area contributed by atoms with Crippen LogP contribution in [0.3, 0.4) is 0 Å². The van der Waals surface area contributed by atoms with Crippen molar-refractivity contribution in [3.8, 4) is 11.5 Å². The van der Waals surface area contributed by atoms with Crippen LogP contribution < -0.4 is 4.74 Å². The first kappa shape index (κ1) is 13.5. The lowest BCUT2D eigenvalue weighted by molar-refractivity contribution is 0.294. The molecule has 1 heterocycles. The fourth-order valence-corrected chi connectivity index (χ4v) is 1.80. The number of aromatic hydroxyl groups is 1. The van der Waals surface area contributed by atoms with Gasteiger partial charge < -0.3 is 9.84 Å². The van der Waals surface area contributed by atoms with E-state index < -0.39 is 0 Å². The van der Waals surface area contributed by atoms with E-state index in [-0.39, 0.29) is 5.75 Å². The van der Waals surface area contributed by atoms with Crippen LogP contribution in [0.4, 0.5) is 0 Å². The van der Waals surface area contributed by atoms with Crippen molar-refractivity contribution in [1.82, 2.24) is 9.78 Å². The summed E-state index contributed by atoms with van der Waals surface area (Å²) in [4.78, 5) is 0. The van der Waals surface area contributed by atoms with Crippen LogP contribution in [0.25, 0.3) is 0 Å². The number of ether oxygens (including phenoxy) is 1. The highest BCUT2D eigenvalue weighted by Gasteiger charge is 2.07. The third kappa shape index (κ3) is 3.08. The first-order valence-corrected chi connectivity index (χ1v) is 6.57. The molecule has 1 aromatic heterocycles. The van der Waals surface area contributed by atoms with Gasteiger partial charge in [0.2, 0.25) is 0 Å². The number of benzene rings is 1. The molecule has 0 aliphatic heterocycles. The molecule has 1 atom stereocenters. The van der Waals surface area contributed by atoms with Crippen molar-refractivity contribution in [2.45, 2.75) is 39.8 Å². The van der Waals surface area contributed by atoms with E-state index in [0.717, 1.165) is 17.7 Å². The number of aromatic nitrogens is 2. The minimum atomic E-state index is 0.252. The van der Waals surface area contributed by atoms with Crippen molar-refractivity contribution >= 4 is 0 Å². The molecule has 0 amide bonds. The number of nitrogens with zero attached hydrogens (tertiary/aromatic N) is 2. The molecule has 1 N–H and O–H groups in total. The van der Waals surface area contributed by atoms with Crippen LogP contribution in [-0.2, 0) is 6.61 Å². The highest BCUT2D eigenvalue weighted by Crippen LogP contribution is 2.26. The van der Waals surface area contributed by atoms with E-state index in [0.29, 0.717) is 18.4 Å². The summed E-state index contributed by atoms with van der Waals surface area (Å²) in [6.45, 7) is 6.52. The fraction of sp³-hybridized carbons (Fsp3) is 0.400. The lowest BCUT2D eigenvalue weighted by Crippen LogP contribution is -2.06. The molecule has 4 nitrogen and oxygen atoms in total. The lowest BCUT2D eigenvalue weighted by atomic mass is 10.2. The standard InChI is InChI=1S/C15H20N2O2/c1-4-11(2)17-9-8-13(16-17)10-19-15-7-5-6-14(18)12(15)3/h5-9,11,18H,4,10H2,1-3H3. The van der Waals surface area contributed by atoms with E-state index in [2.05, 4.69) is 18.9 Å². The van der Waals surface area contributed by atoms with Crippen molar-refractivity contribution in [2.24, 2.45) is 0 Å².